The summed E-state index contributed by atoms with van der Waals surface area (Å²) in [4.78, 5) is 10.9. The zero-order valence-corrected chi connectivity index (χ0v) is 11.7. The van der Waals surface area contributed by atoms with Gasteiger partial charge in [0.25, 0.3) is 0 Å². The van der Waals surface area contributed by atoms with E-state index < -0.39 is 11.9 Å². The summed E-state index contributed by atoms with van der Waals surface area (Å²) in [7, 11) is 3.05. The molecule has 0 heterocycles. The molecule has 0 bridgehead atoms. The van der Waals surface area contributed by atoms with Gasteiger partial charge in [-0.3, -0.25) is 4.79 Å². The van der Waals surface area contributed by atoms with E-state index in [-0.39, 0.29) is 0 Å². The quantitative estimate of drug-likeness (QED) is 0.895. The molecule has 1 aromatic rings. The fourth-order valence-electron chi connectivity index (χ4n) is 1.76. The molecule has 18 heavy (non-hydrogen) atoms. The summed E-state index contributed by atoms with van der Waals surface area (Å²) in [6.07, 6.45) is 0.301. The maximum Gasteiger partial charge on any atom is 0.306 e. The Labute approximate surface area is 111 Å². The van der Waals surface area contributed by atoms with Crippen molar-refractivity contribution in [3.8, 4) is 11.5 Å². The topological polar surface area (TPSA) is 55.8 Å². The van der Waals surface area contributed by atoms with E-state index in [1.54, 1.807) is 13.0 Å². The molecule has 1 rings (SSSR count). The number of hydrogen-bond donors (Lipinski definition) is 1. The highest BCUT2D eigenvalue weighted by Crippen LogP contribution is 2.39. The average Bonchev–Trinajstić information content (AvgIpc) is 2.34. The molecule has 1 aromatic carbocycles. The van der Waals surface area contributed by atoms with Crippen LogP contribution < -0.4 is 9.47 Å². The van der Waals surface area contributed by atoms with E-state index in [9.17, 15) is 4.79 Å². The van der Waals surface area contributed by atoms with Crippen molar-refractivity contribution in [2.45, 2.75) is 20.3 Å². The highest BCUT2D eigenvalue weighted by molar-refractivity contribution is 6.32. The molecule has 0 saturated carbocycles. The van der Waals surface area contributed by atoms with Crippen LogP contribution in [0.1, 0.15) is 18.1 Å². The van der Waals surface area contributed by atoms with Gasteiger partial charge in [0.05, 0.1) is 25.2 Å². The summed E-state index contributed by atoms with van der Waals surface area (Å²) in [6, 6.07) is 1.77. The lowest BCUT2D eigenvalue weighted by Crippen LogP contribution is -2.13. The van der Waals surface area contributed by atoms with Gasteiger partial charge in [0.15, 0.2) is 11.5 Å². The van der Waals surface area contributed by atoms with Crippen LogP contribution in [0.3, 0.4) is 0 Å². The SMILES string of the molecule is COc1cc(C)c(Cl)c(CC(C)C(=O)O)c1OC. The zero-order chi connectivity index (χ0) is 13.9. The van der Waals surface area contributed by atoms with Crippen LogP contribution >= 0.6 is 11.6 Å². The van der Waals surface area contributed by atoms with Crippen molar-refractivity contribution >= 4 is 17.6 Å². The third-order valence-electron chi connectivity index (χ3n) is 2.81. The van der Waals surface area contributed by atoms with Crippen molar-refractivity contribution in [1.29, 1.82) is 0 Å². The minimum Gasteiger partial charge on any atom is -0.493 e. The van der Waals surface area contributed by atoms with Crippen LogP contribution in [0.2, 0.25) is 5.02 Å². The Hall–Kier alpha value is -1.42. The van der Waals surface area contributed by atoms with E-state index in [0.717, 1.165) is 5.56 Å². The monoisotopic (exact) mass is 272 g/mol. The molecule has 1 N–H and O–H groups in total. The highest BCUT2D eigenvalue weighted by atomic mass is 35.5. The number of rotatable bonds is 5. The average molecular weight is 273 g/mol. The fourth-order valence-corrected chi connectivity index (χ4v) is 1.98. The predicted molar refractivity (Wildman–Crippen MR) is 69.8 cm³/mol. The lowest BCUT2D eigenvalue weighted by atomic mass is 9.98. The normalized spacial score (nSPS) is 12.1. The van der Waals surface area contributed by atoms with Gasteiger partial charge in [-0.2, -0.15) is 0 Å². The predicted octanol–water partition coefficient (Wildman–Crippen LogP) is 2.93. The summed E-state index contributed by atoms with van der Waals surface area (Å²) in [5.74, 6) is -0.343. The van der Waals surface area contributed by atoms with E-state index in [4.69, 9.17) is 26.2 Å². The van der Waals surface area contributed by atoms with Gasteiger partial charge in [-0.05, 0) is 25.0 Å². The van der Waals surface area contributed by atoms with Gasteiger partial charge in [-0.25, -0.2) is 0 Å². The molecule has 0 spiro atoms. The molecule has 0 amide bonds. The van der Waals surface area contributed by atoms with Crippen molar-refractivity contribution in [3.05, 3.63) is 22.2 Å². The van der Waals surface area contributed by atoms with E-state index >= 15 is 0 Å². The standard InChI is InChI=1S/C13H17ClO4/c1-7-6-10(17-3)12(18-4)9(11(7)14)5-8(2)13(15)16/h6,8H,5H2,1-4H3,(H,15,16). The first-order valence-electron chi connectivity index (χ1n) is 5.55. The van der Waals surface area contributed by atoms with Gasteiger partial charge in [0, 0.05) is 5.56 Å². The molecule has 0 aliphatic rings. The largest absolute Gasteiger partial charge is 0.493 e. The third-order valence-corrected chi connectivity index (χ3v) is 3.34. The van der Waals surface area contributed by atoms with Crippen LogP contribution in [-0.2, 0) is 11.2 Å². The molecule has 1 atom stereocenters. The van der Waals surface area contributed by atoms with Crippen LogP contribution in [0.15, 0.2) is 6.07 Å². The van der Waals surface area contributed by atoms with Crippen molar-refractivity contribution in [3.63, 3.8) is 0 Å². The van der Waals surface area contributed by atoms with Gasteiger partial charge < -0.3 is 14.6 Å². The summed E-state index contributed by atoms with van der Waals surface area (Å²) < 4.78 is 10.5. The number of carboxylic acid groups (broad SMARTS) is 1. The lowest BCUT2D eigenvalue weighted by molar-refractivity contribution is -0.141. The number of ether oxygens (including phenoxy) is 2. The second kappa shape index (κ2) is 5.96. The fraction of sp³-hybridized carbons (Fsp3) is 0.462. The van der Waals surface area contributed by atoms with Gasteiger partial charge in [0.1, 0.15) is 0 Å². The minimum absolute atomic E-state index is 0.301. The zero-order valence-electron chi connectivity index (χ0n) is 10.9. The molecule has 100 valence electrons. The molecule has 0 saturated heterocycles. The molecule has 0 aliphatic heterocycles. The Kier molecular flexibility index (Phi) is 4.84. The van der Waals surface area contributed by atoms with Crippen LogP contribution in [0, 0.1) is 12.8 Å². The molecule has 0 radical (unpaired) electrons. The smallest absolute Gasteiger partial charge is 0.306 e. The van der Waals surface area contributed by atoms with Crippen molar-refractivity contribution in [2.75, 3.05) is 14.2 Å². The van der Waals surface area contributed by atoms with E-state index in [1.165, 1.54) is 14.2 Å². The number of benzene rings is 1. The first-order chi connectivity index (χ1) is 8.42. The first kappa shape index (κ1) is 14.6. The van der Waals surface area contributed by atoms with Crippen LogP contribution in [0.5, 0.6) is 11.5 Å². The van der Waals surface area contributed by atoms with Crippen LogP contribution in [0.25, 0.3) is 0 Å². The molecule has 1 unspecified atom stereocenters. The summed E-state index contributed by atoms with van der Waals surface area (Å²) in [5, 5.41) is 9.51. The Morgan fingerprint density at radius 2 is 2.06 bits per heavy atom. The summed E-state index contributed by atoms with van der Waals surface area (Å²) >= 11 is 6.23. The van der Waals surface area contributed by atoms with Crippen molar-refractivity contribution in [1.82, 2.24) is 0 Å². The maximum atomic E-state index is 10.9. The lowest BCUT2D eigenvalue weighted by Gasteiger charge is -2.17. The summed E-state index contributed by atoms with van der Waals surface area (Å²) in [6.45, 7) is 3.48. The van der Waals surface area contributed by atoms with Crippen molar-refractivity contribution in [2.24, 2.45) is 5.92 Å². The Balaban J connectivity index is 3.30. The molecule has 5 heteroatoms. The second-order valence-electron chi connectivity index (χ2n) is 4.16. The first-order valence-corrected chi connectivity index (χ1v) is 5.92. The number of hydrogen-bond acceptors (Lipinski definition) is 3. The number of halogens is 1. The van der Waals surface area contributed by atoms with Crippen LogP contribution in [-0.4, -0.2) is 25.3 Å². The van der Waals surface area contributed by atoms with Crippen LogP contribution in [0.4, 0.5) is 0 Å². The number of carbonyl (C=O) groups is 1. The van der Waals surface area contributed by atoms with Gasteiger partial charge in [0.2, 0.25) is 0 Å². The Bertz CT molecular complexity index is 457. The van der Waals surface area contributed by atoms with Gasteiger partial charge in [-0.15, -0.1) is 0 Å². The molecular weight excluding hydrogens is 256 g/mol. The van der Waals surface area contributed by atoms with Gasteiger partial charge in [-0.1, -0.05) is 18.5 Å². The number of methoxy groups -OCH3 is 2. The minimum atomic E-state index is -0.867. The van der Waals surface area contributed by atoms with E-state index in [2.05, 4.69) is 0 Å². The third kappa shape index (κ3) is 2.88. The number of aryl methyl sites for hydroxylation is 1. The molecular formula is C13H17ClO4. The highest BCUT2D eigenvalue weighted by Gasteiger charge is 2.21. The maximum absolute atomic E-state index is 10.9. The second-order valence-corrected chi connectivity index (χ2v) is 4.54. The number of carboxylic acids is 1. The Morgan fingerprint density at radius 1 is 1.44 bits per heavy atom. The van der Waals surface area contributed by atoms with E-state index in [0.29, 0.717) is 28.5 Å². The summed E-state index contributed by atoms with van der Waals surface area (Å²) in [5.41, 5.74) is 1.51. The molecule has 0 fully saturated rings. The van der Waals surface area contributed by atoms with E-state index in [1.807, 2.05) is 6.92 Å². The van der Waals surface area contributed by atoms with Gasteiger partial charge >= 0.3 is 5.97 Å². The molecule has 0 aliphatic carbocycles. The number of aliphatic carboxylic acids is 1. The Morgan fingerprint density at radius 3 is 2.50 bits per heavy atom. The van der Waals surface area contributed by atoms with Crippen molar-refractivity contribution < 1.29 is 19.4 Å². The molecule has 4 nitrogen and oxygen atoms in total. The molecule has 0 aromatic heterocycles.